The van der Waals surface area contributed by atoms with E-state index in [1.54, 1.807) is 31.2 Å². The predicted octanol–water partition coefficient (Wildman–Crippen LogP) is 6.04. The van der Waals surface area contributed by atoms with E-state index in [0.29, 0.717) is 22.7 Å². The number of ether oxygens (including phenoxy) is 3. The van der Waals surface area contributed by atoms with Gasteiger partial charge in [0.1, 0.15) is 11.5 Å². The van der Waals surface area contributed by atoms with Gasteiger partial charge < -0.3 is 18.8 Å². The molecular weight excluding hydrogens is 468 g/mol. The van der Waals surface area contributed by atoms with Crippen LogP contribution in [-0.2, 0) is 9.53 Å². The summed E-state index contributed by atoms with van der Waals surface area (Å²) in [6.07, 6.45) is -1.02. The molecule has 3 aromatic carbocycles. The number of nitrogens with zero attached hydrogens (tertiary/aromatic N) is 1. The van der Waals surface area contributed by atoms with Gasteiger partial charge in [-0.2, -0.15) is 8.78 Å². The van der Waals surface area contributed by atoms with Gasteiger partial charge in [0, 0.05) is 28.0 Å². The largest absolute Gasteiger partial charge is 0.481 e. The molecule has 1 unspecified atom stereocenters. The minimum Gasteiger partial charge on any atom is -0.481 e. The molecule has 0 fully saturated rings. The maximum atomic E-state index is 13.1. The second-order valence-corrected chi connectivity index (χ2v) is 8.25. The number of carbonyl (C=O) groups excluding carboxylic acids is 2. The fraction of sp³-hybridized carbons (Fsp3) is 0.214. The van der Waals surface area contributed by atoms with E-state index in [0.717, 1.165) is 16.5 Å². The highest BCUT2D eigenvalue weighted by Crippen LogP contribution is 2.26. The van der Waals surface area contributed by atoms with Gasteiger partial charge in [-0.25, -0.2) is 4.79 Å². The van der Waals surface area contributed by atoms with Crippen LogP contribution in [0.2, 0.25) is 0 Å². The number of rotatable bonds is 9. The number of halogens is 2. The van der Waals surface area contributed by atoms with Crippen molar-refractivity contribution < 1.29 is 32.6 Å². The summed E-state index contributed by atoms with van der Waals surface area (Å²) in [5.41, 5.74) is 2.47. The van der Waals surface area contributed by atoms with Crippen molar-refractivity contribution in [3.8, 4) is 17.2 Å². The first-order chi connectivity index (χ1) is 17.2. The van der Waals surface area contributed by atoms with Crippen LogP contribution in [-0.4, -0.2) is 35.6 Å². The Kier molecular flexibility index (Phi) is 7.33. The van der Waals surface area contributed by atoms with E-state index in [9.17, 15) is 18.4 Å². The van der Waals surface area contributed by atoms with Gasteiger partial charge in [0.2, 0.25) is 5.78 Å². The molecule has 6 nitrogen and oxygen atoms in total. The Hall–Kier alpha value is -4.20. The first-order valence-corrected chi connectivity index (χ1v) is 11.3. The van der Waals surface area contributed by atoms with E-state index in [-0.39, 0.29) is 18.1 Å². The van der Waals surface area contributed by atoms with Gasteiger partial charge in [0.05, 0.1) is 0 Å². The van der Waals surface area contributed by atoms with Crippen LogP contribution in [0.3, 0.4) is 0 Å². The number of hydrogen-bond acceptors (Lipinski definition) is 5. The summed E-state index contributed by atoms with van der Waals surface area (Å²) in [5.74, 6) is -0.422. The average molecular weight is 494 g/mol. The average Bonchev–Trinajstić information content (AvgIpc) is 3.16. The van der Waals surface area contributed by atoms with Crippen molar-refractivity contribution in [1.29, 1.82) is 0 Å². The van der Waals surface area contributed by atoms with E-state index in [1.807, 2.05) is 47.9 Å². The Labute approximate surface area is 207 Å². The van der Waals surface area contributed by atoms with E-state index in [2.05, 4.69) is 4.74 Å². The van der Waals surface area contributed by atoms with E-state index < -0.39 is 18.7 Å². The van der Waals surface area contributed by atoms with Gasteiger partial charge in [0.25, 0.3) is 0 Å². The lowest BCUT2D eigenvalue weighted by molar-refractivity contribution is -0.148. The molecule has 4 rings (SSSR count). The molecule has 0 spiro atoms. The molecule has 0 N–H and O–H groups in total. The lowest BCUT2D eigenvalue weighted by Crippen LogP contribution is -2.27. The first-order valence-electron chi connectivity index (χ1n) is 11.3. The zero-order valence-electron chi connectivity index (χ0n) is 20.0. The Morgan fingerprint density at radius 3 is 2.36 bits per heavy atom. The molecule has 0 amide bonds. The molecule has 0 aliphatic heterocycles. The minimum atomic E-state index is -2.91. The van der Waals surface area contributed by atoms with E-state index in [4.69, 9.17) is 9.47 Å². The summed E-state index contributed by atoms with van der Waals surface area (Å²) in [6, 6.07) is 21.0. The maximum absolute atomic E-state index is 13.1. The lowest BCUT2D eigenvalue weighted by Gasteiger charge is -2.14. The fourth-order valence-corrected chi connectivity index (χ4v) is 4.15. The van der Waals surface area contributed by atoms with E-state index >= 15 is 0 Å². The molecule has 0 aliphatic rings. The number of alkyl halides is 2. The van der Waals surface area contributed by atoms with Crippen molar-refractivity contribution in [3.63, 3.8) is 0 Å². The number of fused-ring (bicyclic) bond motifs is 1. The number of benzene rings is 3. The van der Waals surface area contributed by atoms with Crippen LogP contribution in [0.15, 0.2) is 72.8 Å². The van der Waals surface area contributed by atoms with Crippen LogP contribution in [0.5, 0.6) is 11.5 Å². The molecule has 0 aliphatic carbocycles. The molecule has 0 saturated carbocycles. The molecule has 0 radical (unpaired) electrons. The molecular formula is C28H25F2NO5. The molecule has 1 atom stereocenters. The van der Waals surface area contributed by atoms with Crippen LogP contribution in [0.1, 0.15) is 28.7 Å². The van der Waals surface area contributed by atoms with Crippen LogP contribution in [0, 0.1) is 13.8 Å². The molecule has 36 heavy (non-hydrogen) atoms. The van der Waals surface area contributed by atoms with E-state index in [1.165, 1.54) is 19.1 Å². The van der Waals surface area contributed by atoms with Crippen LogP contribution < -0.4 is 9.47 Å². The van der Waals surface area contributed by atoms with Gasteiger partial charge in [-0.1, -0.05) is 36.4 Å². The molecule has 1 heterocycles. The Morgan fingerprint density at radius 1 is 0.944 bits per heavy atom. The molecule has 4 aromatic rings. The third-order valence-electron chi connectivity index (χ3n) is 5.79. The standard InChI is InChI=1S/C28H25F2NO5/c1-17-15-24(18(2)31(17)21-11-13-22(14-12-21)36-28(29)30)27(33)19(3)35-26(32)16-34-25-10-6-8-20-7-4-5-9-23(20)25/h4-15,19,28H,16H2,1-3H3. The third kappa shape index (κ3) is 5.38. The van der Waals surface area contributed by atoms with Crippen molar-refractivity contribution in [2.24, 2.45) is 0 Å². The number of aromatic nitrogens is 1. The lowest BCUT2D eigenvalue weighted by atomic mass is 10.1. The van der Waals surface area contributed by atoms with Crippen LogP contribution >= 0.6 is 0 Å². The summed E-state index contributed by atoms with van der Waals surface area (Å²) in [6.45, 7) is 1.86. The number of ketones is 1. The van der Waals surface area contributed by atoms with Crippen LogP contribution in [0.4, 0.5) is 8.78 Å². The summed E-state index contributed by atoms with van der Waals surface area (Å²) in [5, 5.41) is 1.86. The van der Waals surface area contributed by atoms with Gasteiger partial charge in [-0.15, -0.1) is 0 Å². The summed E-state index contributed by atoms with van der Waals surface area (Å²) in [7, 11) is 0. The third-order valence-corrected chi connectivity index (χ3v) is 5.79. The molecule has 1 aromatic heterocycles. The first kappa shape index (κ1) is 24.9. The molecule has 0 saturated heterocycles. The highest BCUT2D eigenvalue weighted by molar-refractivity contribution is 6.01. The Morgan fingerprint density at radius 2 is 1.64 bits per heavy atom. The molecule has 186 valence electrons. The predicted molar refractivity (Wildman–Crippen MR) is 131 cm³/mol. The van der Waals surface area contributed by atoms with Gasteiger partial charge in [-0.3, -0.25) is 4.79 Å². The second-order valence-electron chi connectivity index (χ2n) is 8.25. The SMILES string of the molecule is Cc1cc(C(=O)C(C)OC(=O)COc2cccc3ccccc23)c(C)n1-c1ccc(OC(F)F)cc1. The van der Waals surface area contributed by atoms with Crippen molar-refractivity contribution in [3.05, 3.63) is 89.7 Å². The molecule has 0 bridgehead atoms. The number of hydrogen-bond donors (Lipinski definition) is 0. The van der Waals surface area contributed by atoms with Gasteiger partial charge in [-0.05, 0) is 62.6 Å². The van der Waals surface area contributed by atoms with Gasteiger partial charge >= 0.3 is 12.6 Å². The fourth-order valence-electron chi connectivity index (χ4n) is 4.15. The van der Waals surface area contributed by atoms with Crippen molar-refractivity contribution >= 4 is 22.5 Å². The summed E-state index contributed by atoms with van der Waals surface area (Å²) < 4.78 is 42.1. The number of carbonyl (C=O) groups is 2. The smallest absolute Gasteiger partial charge is 0.387 e. The number of esters is 1. The van der Waals surface area contributed by atoms with Gasteiger partial charge in [0.15, 0.2) is 12.7 Å². The Bertz CT molecular complexity index is 1390. The van der Waals surface area contributed by atoms with Crippen molar-refractivity contribution in [2.45, 2.75) is 33.5 Å². The second kappa shape index (κ2) is 10.6. The summed E-state index contributed by atoms with van der Waals surface area (Å²) >= 11 is 0. The zero-order valence-corrected chi connectivity index (χ0v) is 20.0. The number of aryl methyl sites for hydroxylation is 1. The van der Waals surface area contributed by atoms with Crippen molar-refractivity contribution in [2.75, 3.05) is 6.61 Å². The summed E-state index contributed by atoms with van der Waals surface area (Å²) in [4.78, 5) is 25.5. The topological polar surface area (TPSA) is 66.8 Å². The quantitative estimate of drug-likeness (QED) is 0.210. The van der Waals surface area contributed by atoms with Crippen molar-refractivity contribution in [1.82, 2.24) is 4.57 Å². The maximum Gasteiger partial charge on any atom is 0.387 e. The number of Topliss-reactive ketones (excluding diaryl/α,β-unsaturated/α-hetero) is 1. The normalized spacial score (nSPS) is 11.9. The van der Waals surface area contributed by atoms with Crippen LogP contribution in [0.25, 0.3) is 16.5 Å². The highest BCUT2D eigenvalue weighted by Gasteiger charge is 2.24. The highest BCUT2D eigenvalue weighted by atomic mass is 19.3. The minimum absolute atomic E-state index is 0.0405. The Balaban J connectivity index is 1.42. The zero-order chi connectivity index (χ0) is 25.8. The molecule has 8 heteroatoms. The monoisotopic (exact) mass is 493 g/mol.